The summed E-state index contributed by atoms with van der Waals surface area (Å²) in [4.78, 5) is 30.1. The molecule has 2 amide bonds. The van der Waals surface area contributed by atoms with Gasteiger partial charge in [0.05, 0.1) is 18.1 Å². The van der Waals surface area contributed by atoms with Crippen LogP contribution in [0.1, 0.15) is 36.4 Å². The minimum Gasteiger partial charge on any atom is -0.497 e. The number of benzene rings is 2. The zero-order chi connectivity index (χ0) is 23.9. The van der Waals surface area contributed by atoms with Gasteiger partial charge in [0.15, 0.2) is 0 Å². The van der Waals surface area contributed by atoms with Gasteiger partial charge in [-0.2, -0.15) is 0 Å². The van der Waals surface area contributed by atoms with Crippen LogP contribution in [0, 0.1) is 0 Å². The van der Waals surface area contributed by atoms with E-state index in [1.165, 1.54) is 23.1 Å². The van der Waals surface area contributed by atoms with Crippen molar-refractivity contribution >= 4 is 46.2 Å². The predicted octanol–water partition coefficient (Wildman–Crippen LogP) is 4.24. The molecule has 0 aromatic heterocycles. The van der Waals surface area contributed by atoms with Gasteiger partial charge in [-0.15, -0.1) is 0 Å². The Balaban J connectivity index is 1.40. The van der Waals surface area contributed by atoms with E-state index in [-0.39, 0.29) is 24.4 Å². The molecule has 178 valence electrons. The Kier molecular flexibility index (Phi) is 8.37. The van der Waals surface area contributed by atoms with E-state index < -0.39 is 0 Å². The molecule has 2 saturated heterocycles. The number of ether oxygens (including phenoxy) is 1. The topological polar surface area (TPSA) is 61.9 Å². The minimum absolute atomic E-state index is 0.0688. The molecule has 4 rings (SSSR count). The largest absolute Gasteiger partial charge is 0.497 e. The van der Waals surface area contributed by atoms with Gasteiger partial charge in [-0.1, -0.05) is 72.9 Å². The summed E-state index contributed by atoms with van der Waals surface area (Å²) in [5.41, 5.74) is 2.07. The first-order valence-corrected chi connectivity index (χ1v) is 12.7. The normalized spacial score (nSPS) is 18.9. The van der Waals surface area contributed by atoms with E-state index in [1.54, 1.807) is 7.11 Å². The fourth-order valence-electron chi connectivity index (χ4n) is 4.26. The number of hydrogen-bond acceptors (Lipinski definition) is 6. The van der Waals surface area contributed by atoms with E-state index in [0.717, 1.165) is 42.8 Å². The van der Waals surface area contributed by atoms with Crippen LogP contribution in [0.4, 0.5) is 0 Å². The summed E-state index contributed by atoms with van der Waals surface area (Å²) >= 11 is 6.63. The number of methoxy groups -OCH3 is 1. The van der Waals surface area contributed by atoms with Crippen LogP contribution in [0.3, 0.4) is 0 Å². The van der Waals surface area contributed by atoms with Gasteiger partial charge in [0.1, 0.15) is 16.6 Å². The Morgan fingerprint density at radius 3 is 2.50 bits per heavy atom. The molecule has 1 atom stereocenters. The van der Waals surface area contributed by atoms with E-state index >= 15 is 0 Å². The van der Waals surface area contributed by atoms with Crippen LogP contribution in [0.15, 0.2) is 59.5 Å². The van der Waals surface area contributed by atoms with Crippen LogP contribution < -0.4 is 10.1 Å². The molecule has 2 heterocycles. The van der Waals surface area contributed by atoms with Crippen LogP contribution in [-0.4, -0.2) is 59.2 Å². The lowest BCUT2D eigenvalue weighted by Crippen LogP contribution is -2.44. The summed E-state index contributed by atoms with van der Waals surface area (Å²) in [6, 6.07) is 17.7. The second-order valence-corrected chi connectivity index (χ2v) is 10.0. The van der Waals surface area contributed by atoms with E-state index in [2.05, 4.69) is 22.3 Å². The maximum absolute atomic E-state index is 12.9. The number of nitrogens with zero attached hydrogens (tertiary/aromatic N) is 2. The Bertz CT molecular complexity index is 1050. The Labute approximate surface area is 210 Å². The second-order valence-electron chi connectivity index (χ2n) is 8.37. The predicted molar refractivity (Wildman–Crippen MR) is 140 cm³/mol. The Morgan fingerprint density at radius 1 is 1.12 bits per heavy atom. The molecule has 0 saturated carbocycles. The van der Waals surface area contributed by atoms with Gasteiger partial charge in [0, 0.05) is 6.54 Å². The fourth-order valence-corrected chi connectivity index (χ4v) is 5.52. The van der Waals surface area contributed by atoms with E-state index in [0.29, 0.717) is 15.8 Å². The summed E-state index contributed by atoms with van der Waals surface area (Å²) in [5, 5.41) is 3.05. The van der Waals surface area contributed by atoms with Gasteiger partial charge in [-0.25, -0.2) is 0 Å². The molecule has 2 aliphatic heterocycles. The molecule has 2 fully saturated rings. The van der Waals surface area contributed by atoms with Crippen LogP contribution in [0.5, 0.6) is 5.75 Å². The van der Waals surface area contributed by atoms with Crippen LogP contribution in [-0.2, 0) is 9.59 Å². The molecular formula is C26H29N3O3S2. The van der Waals surface area contributed by atoms with Gasteiger partial charge in [-0.3, -0.25) is 19.4 Å². The number of carbonyl (C=O) groups excluding carboxylic acids is 2. The lowest BCUT2D eigenvalue weighted by Gasteiger charge is -2.35. The molecule has 0 bridgehead atoms. The molecule has 2 aromatic carbocycles. The molecule has 0 aliphatic carbocycles. The summed E-state index contributed by atoms with van der Waals surface area (Å²) in [6.07, 6.45) is 5.37. The van der Waals surface area contributed by atoms with E-state index in [1.807, 2.05) is 48.5 Å². The Morgan fingerprint density at radius 2 is 1.82 bits per heavy atom. The molecule has 8 heteroatoms. The molecule has 1 unspecified atom stereocenters. The molecule has 34 heavy (non-hydrogen) atoms. The summed E-state index contributed by atoms with van der Waals surface area (Å²) in [6.45, 7) is 2.41. The van der Waals surface area contributed by atoms with Crippen molar-refractivity contribution in [1.82, 2.24) is 15.1 Å². The highest BCUT2D eigenvalue weighted by Crippen LogP contribution is 2.32. The SMILES string of the molecule is COc1ccc(C(CNC(=O)CN2C(=O)/C(=C/c3ccccc3)SC2=S)N2CCCCC2)cc1. The van der Waals surface area contributed by atoms with Gasteiger partial charge in [0.25, 0.3) is 5.91 Å². The molecule has 2 aromatic rings. The molecular weight excluding hydrogens is 466 g/mol. The zero-order valence-corrected chi connectivity index (χ0v) is 20.9. The summed E-state index contributed by atoms with van der Waals surface area (Å²) in [7, 11) is 1.65. The van der Waals surface area contributed by atoms with Crippen molar-refractivity contribution in [2.75, 3.05) is 33.3 Å². The standard InChI is InChI=1S/C26H29N3O3S2/c1-32-21-12-10-20(11-13-21)22(28-14-6-3-7-15-28)17-27-24(30)18-29-25(31)23(34-26(29)33)16-19-8-4-2-5-9-19/h2,4-5,8-13,16,22H,3,6-7,14-15,17-18H2,1H3,(H,27,30)/b23-16-. The van der Waals surface area contributed by atoms with Gasteiger partial charge in [-0.05, 0) is 55.3 Å². The number of likely N-dealkylation sites (tertiary alicyclic amines) is 1. The highest BCUT2D eigenvalue weighted by atomic mass is 32.2. The van der Waals surface area contributed by atoms with Crippen molar-refractivity contribution in [2.24, 2.45) is 0 Å². The zero-order valence-electron chi connectivity index (χ0n) is 19.2. The first-order valence-electron chi connectivity index (χ1n) is 11.5. The van der Waals surface area contributed by atoms with Crippen molar-refractivity contribution < 1.29 is 14.3 Å². The highest BCUT2D eigenvalue weighted by molar-refractivity contribution is 8.26. The third kappa shape index (κ3) is 6.05. The summed E-state index contributed by atoms with van der Waals surface area (Å²) in [5.74, 6) is 0.368. The number of thioether (sulfide) groups is 1. The van der Waals surface area contributed by atoms with Crippen LogP contribution >= 0.6 is 24.0 Å². The van der Waals surface area contributed by atoms with Crippen molar-refractivity contribution in [1.29, 1.82) is 0 Å². The van der Waals surface area contributed by atoms with Crippen molar-refractivity contribution in [2.45, 2.75) is 25.3 Å². The fraction of sp³-hybridized carbons (Fsp3) is 0.346. The van der Waals surface area contributed by atoms with E-state index in [4.69, 9.17) is 17.0 Å². The third-order valence-electron chi connectivity index (χ3n) is 6.10. The number of rotatable bonds is 8. The van der Waals surface area contributed by atoms with Gasteiger partial charge < -0.3 is 10.1 Å². The molecule has 0 spiro atoms. The van der Waals surface area contributed by atoms with Crippen LogP contribution in [0.2, 0.25) is 0 Å². The maximum Gasteiger partial charge on any atom is 0.266 e. The number of thiocarbonyl (C=S) groups is 1. The lowest BCUT2D eigenvalue weighted by molar-refractivity contribution is -0.128. The molecule has 6 nitrogen and oxygen atoms in total. The molecule has 0 radical (unpaired) electrons. The average Bonchev–Trinajstić information content (AvgIpc) is 3.13. The van der Waals surface area contributed by atoms with Gasteiger partial charge >= 0.3 is 0 Å². The lowest BCUT2D eigenvalue weighted by atomic mass is 10.0. The number of piperidine rings is 1. The quantitative estimate of drug-likeness (QED) is 0.437. The van der Waals surface area contributed by atoms with Crippen molar-refractivity contribution in [3.05, 3.63) is 70.6 Å². The number of hydrogen-bond donors (Lipinski definition) is 1. The molecule has 1 N–H and O–H groups in total. The number of nitrogens with one attached hydrogen (secondary N) is 1. The number of amides is 2. The van der Waals surface area contributed by atoms with Crippen molar-refractivity contribution in [3.63, 3.8) is 0 Å². The van der Waals surface area contributed by atoms with Crippen molar-refractivity contribution in [3.8, 4) is 5.75 Å². The van der Waals surface area contributed by atoms with Gasteiger partial charge in [0.2, 0.25) is 5.91 Å². The van der Waals surface area contributed by atoms with E-state index in [9.17, 15) is 9.59 Å². The monoisotopic (exact) mass is 495 g/mol. The second kappa shape index (κ2) is 11.6. The first-order chi connectivity index (χ1) is 16.5. The smallest absolute Gasteiger partial charge is 0.266 e. The summed E-state index contributed by atoms with van der Waals surface area (Å²) < 4.78 is 5.70. The van der Waals surface area contributed by atoms with Crippen LogP contribution in [0.25, 0.3) is 6.08 Å². The third-order valence-corrected chi connectivity index (χ3v) is 7.48. The first kappa shape index (κ1) is 24.4. The minimum atomic E-state index is -0.225. The maximum atomic E-state index is 12.9. The highest BCUT2D eigenvalue weighted by Gasteiger charge is 2.33. The average molecular weight is 496 g/mol. The number of carbonyl (C=O) groups is 2. The molecule has 2 aliphatic rings. The Hall–Kier alpha value is -2.68.